The molecule has 1 rings (SSSR count). The highest BCUT2D eigenvalue weighted by molar-refractivity contribution is 5.84. The van der Waals surface area contributed by atoms with Crippen molar-refractivity contribution in [3.63, 3.8) is 0 Å². The van der Waals surface area contributed by atoms with E-state index in [1.165, 1.54) is 18.6 Å². The Morgan fingerprint density at radius 2 is 2.47 bits per heavy atom. The lowest BCUT2D eigenvalue weighted by Crippen LogP contribution is -2.00. The fourth-order valence-corrected chi connectivity index (χ4v) is 1.04. The minimum atomic E-state index is -0.545. The van der Waals surface area contributed by atoms with E-state index < -0.39 is 5.95 Å². The van der Waals surface area contributed by atoms with Crippen molar-refractivity contribution in [2.45, 2.75) is 6.42 Å². The minimum Gasteiger partial charge on any atom is -0.404 e. The van der Waals surface area contributed by atoms with Crippen LogP contribution in [0.25, 0.3) is 0 Å². The second-order valence-corrected chi connectivity index (χ2v) is 2.76. The number of aromatic nitrogens is 1. The lowest BCUT2D eigenvalue weighted by molar-refractivity contribution is -0.106. The molecule has 0 fully saturated rings. The Kier molecular flexibility index (Phi) is 4.15. The molecule has 4 nitrogen and oxygen atoms in total. The molecule has 15 heavy (non-hydrogen) atoms. The fraction of sp³-hybridized carbons (Fsp3) is 0.100. The van der Waals surface area contributed by atoms with Crippen molar-refractivity contribution in [1.82, 2.24) is 4.98 Å². The minimum absolute atomic E-state index is 0.257. The van der Waals surface area contributed by atoms with Gasteiger partial charge < -0.3 is 5.73 Å². The first kappa shape index (κ1) is 11.0. The van der Waals surface area contributed by atoms with Crippen molar-refractivity contribution in [2.75, 3.05) is 0 Å². The summed E-state index contributed by atoms with van der Waals surface area (Å²) in [4.78, 5) is 16.9. The summed E-state index contributed by atoms with van der Waals surface area (Å²) >= 11 is 0. The van der Waals surface area contributed by atoms with Crippen LogP contribution >= 0.6 is 0 Å². The van der Waals surface area contributed by atoms with E-state index in [1.54, 1.807) is 12.1 Å². The molecule has 0 spiro atoms. The molecule has 0 aliphatic rings. The zero-order chi connectivity index (χ0) is 11.1. The van der Waals surface area contributed by atoms with Gasteiger partial charge in [-0.1, -0.05) is 6.07 Å². The molecule has 0 aliphatic heterocycles. The number of amides is 1. The molecule has 5 heteroatoms. The van der Waals surface area contributed by atoms with Gasteiger partial charge in [-0.2, -0.15) is 4.39 Å². The van der Waals surface area contributed by atoms with Crippen LogP contribution in [-0.2, 0) is 11.2 Å². The van der Waals surface area contributed by atoms with E-state index in [0.717, 1.165) is 0 Å². The fourth-order valence-electron chi connectivity index (χ4n) is 1.04. The number of nitrogens with two attached hydrogens (primary N) is 1. The summed E-state index contributed by atoms with van der Waals surface area (Å²) in [7, 11) is 0. The number of allylic oxidation sites excluding steroid dienone is 1. The van der Waals surface area contributed by atoms with Gasteiger partial charge in [0.25, 0.3) is 0 Å². The van der Waals surface area contributed by atoms with Gasteiger partial charge in [0.2, 0.25) is 12.4 Å². The maximum Gasteiger partial charge on any atom is 0.232 e. The van der Waals surface area contributed by atoms with Crippen LogP contribution in [0.3, 0.4) is 0 Å². The summed E-state index contributed by atoms with van der Waals surface area (Å²) in [5.41, 5.74) is 6.26. The maximum atomic E-state index is 13.1. The van der Waals surface area contributed by atoms with E-state index in [2.05, 4.69) is 9.98 Å². The third-order valence-electron chi connectivity index (χ3n) is 1.75. The summed E-state index contributed by atoms with van der Waals surface area (Å²) < 4.78 is 13.1. The predicted octanol–water partition coefficient (Wildman–Crippen LogP) is 0.833. The zero-order valence-electron chi connectivity index (χ0n) is 7.93. The molecule has 1 aromatic rings. The molecule has 1 amide bonds. The molecule has 0 bridgehead atoms. The first-order valence-electron chi connectivity index (χ1n) is 4.25. The number of carbonyl (C=O) groups is 1. The largest absolute Gasteiger partial charge is 0.404 e. The third kappa shape index (κ3) is 3.30. The first-order valence-corrected chi connectivity index (χ1v) is 4.25. The van der Waals surface area contributed by atoms with Crippen LogP contribution in [0.4, 0.5) is 4.39 Å². The second-order valence-electron chi connectivity index (χ2n) is 2.76. The molecule has 0 radical (unpaired) electrons. The van der Waals surface area contributed by atoms with Gasteiger partial charge in [0.05, 0.1) is 0 Å². The van der Waals surface area contributed by atoms with E-state index in [-0.39, 0.29) is 6.42 Å². The number of hydrogen-bond acceptors (Lipinski definition) is 3. The SMILES string of the molecule is N/C=C(\C=NC=O)Cc1cccnc1F. The Bertz CT molecular complexity index is 401. The van der Waals surface area contributed by atoms with Gasteiger partial charge >= 0.3 is 0 Å². The number of aliphatic imine (C=N–C) groups is 1. The molecule has 0 saturated heterocycles. The van der Waals surface area contributed by atoms with Crippen LogP contribution in [0.5, 0.6) is 0 Å². The second kappa shape index (κ2) is 5.64. The normalized spacial score (nSPS) is 11.9. The van der Waals surface area contributed by atoms with Gasteiger partial charge in [-0.3, -0.25) is 4.79 Å². The lowest BCUT2D eigenvalue weighted by atomic mass is 10.1. The summed E-state index contributed by atoms with van der Waals surface area (Å²) in [5, 5.41) is 0. The Hall–Kier alpha value is -2.04. The molecule has 0 saturated carbocycles. The summed E-state index contributed by atoms with van der Waals surface area (Å²) in [5.74, 6) is -0.545. The van der Waals surface area contributed by atoms with Crippen LogP contribution in [0.2, 0.25) is 0 Å². The Balaban J connectivity index is 2.80. The molecule has 0 atom stereocenters. The van der Waals surface area contributed by atoms with Gasteiger partial charge in [0.15, 0.2) is 0 Å². The van der Waals surface area contributed by atoms with Crippen molar-refractivity contribution in [3.05, 3.63) is 41.6 Å². The smallest absolute Gasteiger partial charge is 0.232 e. The van der Waals surface area contributed by atoms with Crippen molar-refractivity contribution in [2.24, 2.45) is 10.7 Å². The first-order chi connectivity index (χ1) is 7.27. The Morgan fingerprint density at radius 3 is 3.07 bits per heavy atom. The van der Waals surface area contributed by atoms with Gasteiger partial charge in [-0.15, -0.1) is 0 Å². The van der Waals surface area contributed by atoms with Crippen LogP contribution < -0.4 is 5.73 Å². The number of pyridine rings is 1. The van der Waals surface area contributed by atoms with Crippen LogP contribution in [-0.4, -0.2) is 17.6 Å². The van der Waals surface area contributed by atoms with Gasteiger partial charge in [0.1, 0.15) is 0 Å². The predicted molar refractivity (Wildman–Crippen MR) is 54.7 cm³/mol. The average molecular weight is 207 g/mol. The molecular formula is C10H10FN3O. The van der Waals surface area contributed by atoms with E-state index >= 15 is 0 Å². The highest BCUT2D eigenvalue weighted by Gasteiger charge is 2.03. The summed E-state index contributed by atoms with van der Waals surface area (Å²) in [6.07, 6.45) is 4.58. The summed E-state index contributed by atoms with van der Waals surface area (Å²) in [6.45, 7) is 0. The average Bonchev–Trinajstić information content (AvgIpc) is 2.26. The van der Waals surface area contributed by atoms with Gasteiger partial charge in [-0.25, -0.2) is 9.98 Å². The standard InChI is InChI=1S/C10H10FN3O/c11-10-9(2-1-3-14-10)4-8(5-12)6-13-7-15/h1-3,5-7H,4,12H2/b8-5-,13-6?. The monoisotopic (exact) mass is 207 g/mol. The van der Waals surface area contributed by atoms with Gasteiger partial charge in [0, 0.05) is 24.4 Å². The van der Waals surface area contributed by atoms with Crippen molar-refractivity contribution in [1.29, 1.82) is 0 Å². The van der Waals surface area contributed by atoms with Crippen molar-refractivity contribution < 1.29 is 9.18 Å². The number of hydrogen-bond donors (Lipinski definition) is 1. The highest BCUT2D eigenvalue weighted by atomic mass is 19.1. The number of rotatable bonds is 4. The molecule has 0 aromatic carbocycles. The topological polar surface area (TPSA) is 68.3 Å². The molecule has 78 valence electrons. The van der Waals surface area contributed by atoms with Crippen molar-refractivity contribution in [3.8, 4) is 0 Å². The van der Waals surface area contributed by atoms with E-state index in [0.29, 0.717) is 17.5 Å². The molecule has 0 unspecified atom stereocenters. The number of halogens is 1. The van der Waals surface area contributed by atoms with Crippen LogP contribution in [0, 0.1) is 5.95 Å². The van der Waals surface area contributed by atoms with Gasteiger partial charge in [-0.05, 0) is 17.8 Å². The molecule has 2 N–H and O–H groups in total. The van der Waals surface area contributed by atoms with E-state index in [9.17, 15) is 9.18 Å². The zero-order valence-corrected chi connectivity index (χ0v) is 7.93. The molecular weight excluding hydrogens is 197 g/mol. The lowest BCUT2D eigenvalue weighted by Gasteiger charge is -2.01. The number of carbonyl (C=O) groups excluding carboxylic acids is 1. The molecule has 1 aromatic heterocycles. The summed E-state index contributed by atoms with van der Waals surface area (Å²) in [6, 6.07) is 3.23. The number of nitrogens with zero attached hydrogens (tertiary/aromatic N) is 2. The maximum absolute atomic E-state index is 13.1. The molecule has 1 heterocycles. The Morgan fingerprint density at radius 1 is 1.67 bits per heavy atom. The Labute approximate surface area is 86.3 Å². The van der Waals surface area contributed by atoms with Crippen LogP contribution in [0.15, 0.2) is 35.1 Å². The van der Waals surface area contributed by atoms with Crippen molar-refractivity contribution >= 4 is 12.6 Å². The molecule has 0 aliphatic carbocycles. The highest BCUT2D eigenvalue weighted by Crippen LogP contribution is 2.08. The van der Waals surface area contributed by atoms with Crippen LogP contribution in [0.1, 0.15) is 5.56 Å². The third-order valence-corrected chi connectivity index (χ3v) is 1.75. The van der Waals surface area contributed by atoms with E-state index in [1.807, 2.05) is 0 Å². The quantitative estimate of drug-likeness (QED) is 0.451. The van der Waals surface area contributed by atoms with E-state index in [4.69, 9.17) is 5.73 Å².